The van der Waals surface area contributed by atoms with Crippen LogP contribution >= 0.6 is 0 Å². The standard InChI is InChI=1S/C15H30N2O/c1-12(2)8-13-10-17(15(11-18)9-16-13)14-6-4-3-5-7-14/h12-16,18H,3-11H2,1-2H3. The Kier molecular flexibility index (Phi) is 5.46. The maximum Gasteiger partial charge on any atom is 0.0599 e. The molecule has 18 heavy (non-hydrogen) atoms. The summed E-state index contributed by atoms with van der Waals surface area (Å²) in [5, 5.41) is 13.2. The summed E-state index contributed by atoms with van der Waals surface area (Å²) in [7, 11) is 0. The lowest BCUT2D eigenvalue weighted by Gasteiger charge is -2.45. The normalized spacial score (nSPS) is 32.0. The Balaban J connectivity index is 1.93. The molecule has 1 heterocycles. The zero-order valence-electron chi connectivity index (χ0n) is 12.1. The topological polar surface area (TPSA) is 35.5 Å². The summed E-state index contributed by atoms with van der Waals surface area (Å²) in [6.45, 7) is 6.99. The molecule has 0 aromatic carbocycles. The molecular weight excluding hydrogens is 224 g/mol. The van der Waals surface area contributed by atoms with Crippen LogP contribution in [0.4, 0.5) is 0 Å². The summed E-state index contributed by atoms with van der Waals surface area (Å²) in [5.41, 5.74) is 0. The third kappa shape index (κ3) is 3.69. The molecule has 2 N–H and O–H groups in total. The van der Waals surface area contributed by atoms with E-state index in [4.69, 9.17) is 0 Å². The summed E-state index contributed by atoms with van der Waals surface area (Å²) in [4.78, 5) is 2.61. The first-order valence-corrected chi connectivity index (χ1v) is 7.80. The molecule has 0 aromatic heterocycles. The van der Waals surface area contributed by atoms with E-state index in [-0.39, 0.29) is 0 Å². The molecule has 106 valence electrons. The molecule has 1 saturated carbocycles. The van der Waals surface area contributed by atoms with Crippen LogP contribution < -0.4 is 5.32 Å². The van der Waals surface area contributed by atoms with Gasteiger partial charge >= 0.3 is 0 Å². The number of hydrogen-bond acceptors (Lipinski definition) is 3. The molecule has 0 amide bonds. The molecular formula is C15H30N2O. The molecule has 3 heteroatoms. The van der Waals surface area contributed by atoms with Gasteiger partial charge in [0.1, 0.15) is 0 Å². The Morgan fingerprint density at radius 3 is 2.56 bits per heavy atom. The van der Waals surface area contributed by atoms with Crippen LogP contribution in [0.3, 0.4) is 0 Å². The Bertz CT molecular complexity index is 239. The highest BCUT2D eigenvalue weighted by Crippen LogP contribution is 2.26. The molecule has 0 spiro atoms. The van der Waals surface area contributed by atoms with E-state index in [2.05, 4.69) is 24.1 Å². The van der Waals surface area contributed by atoms with Gasteiger partial charge in [-0.1, -0.05) is 33.1 Å². The second kappa shape index (κ2) is 6.88. The lowest BCUT2D eigenvalue weighted by Crippen LogP contribution is -2.61. The smallest absolute Gasteiger partial charge is 0.0599 e. The lowest BCUT2D eigenvalue weighted by atomic mass is 9.91. The molecule has 0 bridgehead atoms. The van der Waals surface area contributed by atoms with E-state index < -0.39 is 0 Å². The number of piperazine rings is 1. The lowest BCUT2D eigenvalue weighted by molar-refractivity contribution is 0.0276. The highest BCUT2D eigenvalue weighted by molar-refractivity contribution is 4.90. The van der Waals surface area contributed by atoms with Gasteiger partial charge in [-0.25, -0.2) is 0 Å². The van der Waals surface area contributed by atoms with Crippen molar-refractivity contribution in [2.45, 2.75) is 70.5 Å². The van der Waals surface area contributed by atoms with Crippen LogP contribution in [0.2, 0.25) is 0 Å². The number of aliphatic hydroxyl groups is 1. The van der Waals surface area contributed by atoms with Gasteiger partial charge in [0.25, 0.3) is 0 Å². The highest BCUT2D eigenvalue weighted by Gasteiger charge is 2.32. The van der Waals surface area contributed by atoms with E-state index in [9.17, 15) is 5.11 Å². The molecule has 2 atom stereocenters. The fourth-order valence-corrected chi connectivity index (χ4v) is 3.64. The average molecular weight is 254 g/mol. The van der Waals surface area contributed by atoms with E-state index in [0.717, 1.165) is 25.0 Å². The van der Waals surface area contributed by atoms with Crippen molar-refractivity contribution in [1.29, 1.82) is 0 Å². The minimum atomic E-state index is 0.303. The maximum atomic E-state index is 9.58. The van der Waals surface area contributed by atoms with E-state index in [1.807, 2.05) is 0 Å². The van der Waals surface area contributed by atoms with E-state index in [1.165, 1.54) is 38.5 Å². The van der Waals surface area contributed by atoms with Crippen LogP contribution in [0, 0.1) is 5.92 Å². The molecule has 2 aliphatic rings. The molecule has 2 rings (SSSR count). The Morgan fingerprint density at radius 2 is 1.94 bits per heavy atom. The Morgan fingerprint density at radius 1 is 1.22 bits per heavy atom. The summed E-state index contributed by atoms with van der Waals surface area (Å²) < 4.78 is 0. The molecule has 2 fully saturated rings. The molecule has 3 nitrogen and oxygen atoms in total. The third-order valence-electron chi connectivity index (χ3n) is 4.55. The minimum absolute atomic E-state index is 0.303. The van der Waals surface area contributed by atoms with Gasteiger partial charge < -0.3 is 10.4 Å². The number of rotatable bonds is 4. The van der Waals surface area contributed by atoms with Crippen molar-refractivity contribution in [1.82, 2.24) is 10.2 Å². The highest BCUT2D eigenvalue weighted by atomic mass is 16.3. The minimum Gasteiger partial charge on any atom is -0.395 e. The average Bonchev–Trinajstić information content (AvgIpc) is 2.39. The van der Waals surface area contributed by atoms with Crippen molar-refractivity contribution < 1.29 is 5.11 Å². The van der Waals surface area contributed by atoms with E-state index in [0.29, 0.717) is 18.7 Å². The van der Waals surface area contributed by atoms with Crippen LogP contribution in [-0.4, -0.2) is 47.8 Å². The van der Waals surface area contributed by atoms with Crippen LogP contribution in [0.5, 0.6) is 0 Å². The van der Waals surface area contributed by atoms with Gasteiger partial charge in [0.05, 0.1) is 6.61 Å². The zero-order valence-corrected chi connectivity index (χ0v) is 12.1. The maximum absolute atomic E-state index is 9.58. The largest absolute Gasteiger partial charge is 0.395 e. The molecule has 1 aliphatic carbocycles. The van der Waals surface area contributed by atoms with Gasteiger partial charge in [-0.15, -0.1) is 0 Å². The van der Waals surface area contributed by atoms with Crippen molar-refractivity contribution in [2.75, 3.05) is 19.7 Å². The summed E-state index contributed by atoms with van der Waals surface area (Å²) in [5.74, 6) is 0.751. The number of aliphatic hydroxyl groups excluding tert-OH is 1. The van der Waals surface area contributed by atoms with Crippen LogP contribution in [0.25, 0.3) is 0 Å². The fourth-order valence-electron chi connectivity index (χ4n) is 3.64. The van der Waals surface area contributed by atoms with Crippen LogP contribution in [0.1, 0.15) is 52.4 Å². The summed E-state index contributed by atoms with van der Waals surface area (Å²) in [6.07, 6.45) is 8.09. The number of nitrogens with one attached hydrogen (secondary N) is 1. The van der Waals surface area contributed by atoms with Crippen LogP contribution in [-0.2, 0) is 0 Å². The van der Waals surface area contributed by atoms with Gasteiger partial charge in [0.2, 0.25) is 0 Å². The molecule has 0 aromatic rings. The van der Waals surface area contributed by atoms with Crippen molar-refractivity contribution in [3.05, 3.63) is 0 Å². The summed E-state index contributed by atoms with van der Waals surface area (Å²) in [6, 6.07) is 1.69. The predicted molar refractivity (Wildman–Crippen MR) is 75.7 cm³/mol. The van der Waals surface area contributed by atoms with Gasteiger partial charge in [-0.05, 0) is 25.2 Å². The fraction of sp³-hybridized carbons (Fsp3) is 1.00. The monoisotopic (exact) mass is 254 g/mol. The van der Waals surface area contributed by atoms with Crippen LogP contribution in [0.15, 0.2) is 0 Å². The quantitative estimate of drug-likeness (QED) is 0.805. The molecule has 1 aliphatic heterocycles. The first kappa shape index (κ1) is 14.3. The second-order valence-electron chi connectivity index (χ2n) is 6.56. The first-order valence-electron chi connectivity index (χ1n) is 7.80. The SMILES string of the molecule is CC(C)CC1CN(C2CCCCC2)C(CO)CN1. The van der Waals surface area contributed by atoms with E-state index in [1.54, 1.807) is 0 Å². The van der Waals surface area contributed by atoms with Crippen molar-refractivity contribution >= 4 is 0 Å². The van der Waals surface area contributed by atoms with Crippen molar-refractivity contribution in [3.63, 3.8) is 0 Å². The van der Waals surface area contributed by atoms with Gasteiger partial charge in [0, 0.05) is 31.2 Å². The molecule has 0 radical (unpaired) electrons. The predicted octanol–water partition coefficient (Wildman–Crippen LogP) is 2.00. The molecule has 2 unspecified atom stereocenters. The summed E-state index contributed by atoms with van der Waals surface area (Å²) >= 11 is 0. The Labute approximate surface area is 112 Å². The third-order valence-corrected chi connectivity index (χ3v) is 4.55. The van der Waals surface area contributed by atoms with Gasteiger partial charge in [0.15, 0.2) is 0 Å². The van der Waals surface area contributed by atoms with Gasteiger partial charge in [-0.3, -0.25) is 4.90 Å². The number of nitrogens with zero attached hydrogens (tertiary/aromatic N) is 1. The van der Waals surface area contributed by atoms with Crippen molar-refractivity contribution in [3.8, 4) is 0 Å². The Hall–Kier alpha value is -0.120. The first-order chi connectivity index (χ1) is 8.70. The zero-order chi connectivity index (χ0) is 13.0. The van der Waals surface area contributed by atoms with E-state index >= 15 is 0 Å². The number of hydrogen-bond donors (Lipinski definition) is 2. The second-order valence-corrected chi connectivity index (χ2v) is 6.56. The van der Waals surface area contributed by atoms with Gasteiger partial charge in [-0.2, -0.15) is 0 Å². The molecule has 1 saturated heterocycles. The van der Waals surface area contributed by atoms with Crippen molar-refractivity contribution in [2.24, 2.45) is 5.92 Å².